The van der Waals surface area contributed by atoms with Gasteiger partial charge in [0.05, 0.1) is 0 Å². The van der Waals surface area contributed by atoms with Crippen LogP contribution in [0, 0.1) is 5.92 Å². The highest BCUT2D eigenvalue weighted by molar-refractivity contribution is 7.99. The van der Waals surface area contributed by atoms with E-state index < -0.39 is 5.60 Å². The topological polar surface area (TPSA) is 38.3 Å². The Labute approximate surface area is 128 Å². The monoisotopic (exact) mass is 301 g/mol. The van der Waals surface area contributed by atoms with Crippen LogP contribution in [0.3, 0.4) is 0 Å². The first-order chi connectivity index (χ1) is 9.40. The molecule has 0 heterocycles. The maximum atomic E-state index is 11.9. The molecule has 0 aliphatic heterocycles. The minimum absolute atomic E-state index is 0.248. The summed E-state index contributed by atoms with van der Waals surface area (Å²) >= 11 is 1.89. The van der Waals surface area contributed by atoms with E-state index in [1.54, 1.807) is 0 Å². The average molecular weight is 301 g/mol. The zero-order chi connectivity index (χ0) is 15.0. The molecule has 1 atom stereocenters. The second kappa shape index (κ2) is 8.81. The molecule has 118 valence electrons. The van der Waals surface area contributed by atoms with Gasteiger partial charge in [-0.25, -0.2) is 4.79 Å². The maximum Gasteiger partial charge on any atom is 0.407 e. The fourth-order valence-electron chi connectivity index (χ4n) is 2.73. The maximum absolute atomic E-state index is 11.9. The van der Waals surface area contributed by atoms with E-state index in [1.165, 1.54) is 32.1 Å². The van der Waals surface area contributed by atoms with Crippen molar-refractivity contribution in [2.24, 2.45) is 5.92 Å². The quantitative estimate of drug-likeness (QED) is 0.779. The molecular formula is C16H31NO2S. The van der Waals surface area contributed by atoms with Gasteiger partial charge in [-0.05, 0) is 38.9 Å². The van der Waals surface area contributed by atoms with E-state index >= 15 is 0 Å². The third-order valence-corrected chi connectivity index (χ3v) is 4.63. The van der Waals surface area contributed by atoms with Crippen LogP contribution < -0.4 is 5.32 Å². The lowest BCUT2D eigenvalue weighted by Gasteiger charge is -2.28. The molecule has 0 unspecified atom stereocenters. The summed E-state index contributed by atoms with van der Waals surface area (Å²) in [5.74, 6) is 2.87. The van der Waals surface area contributed by atoms with Gasteiger partial charge in [-0.1, -0.05) is 39.0 Å². The molecule has 0 bridgehead atoms. The molecule has 1 saturated carbocycles. The highest BCUT2D eigenvalue weighted by atomic mass is 32.2. The van der Waals surface area contributed by atoms with Gasteiger partial charge in [-0.2, -0.15) is 11.8 Å². The van der Waals surface area contributed by atoms with Crippen molar-refractivity contribution in [3.63, 3.8) is 0 Å². The van der Waals surface area contributed by atoms with Gasteiger partial charge in [0.25, 0.3) is 0 Å². The molecule has 3 nitrogen and oxygen atoms in total. The normalized spacial score (nSPS) is 18.6. The van der Waals surface area contributed by atoms with Crippen molar-refractivity contribution in [3.05, 3.63) is 0 Å². The smallest absolute Gasteiger partial charge is 0.407 e. The summed E-state index contributed by atoms with van der Waals surface area (Å²) in [7, 11) is 0. The zero-order valence-corrected chi connectivity index (χ0v) is 14.4. The van der Waals surface area contributed by atoms with Crippen molar-refractivity contribution in [1.82, 2.24) is 5.32 Å². The average Bonchev–Trinajstić information content (AvgIpc) is 2.35. The number of thioether (sulfide) groups is 1. The van der Waals surface area contributed by atoms with Gasteiger partial charge < -0.3 is 10.1 Å². The van der Waals surface area contributed by atoms with Gasteiger partial charge in [0.15, 0.2) is 0 Å². The highest BCUT2D eigenvalue weighted by Gasteiger charge is 2.23. The number of rotatable bonds is 6. The van der Waals surface area contributed by atoms with Crippen molar-refractivity contribution in [3.8, 4) is 0 Å². The Bertz CT molecular complexity index is 283. The molecule has 0 aromatic carbocycles. The second-order valence-electron chi connectivity index (χ2n) is 6.74. The first kappa shape index (κ1) is 17.7. The van der Waals surface area contributed by atoms with Gasteiger partial charge >= 0.3 is 6.09 Å². The molecular weight excluding hydrogens is 270 g/mol. The Hall–Kier alpha value is -0.380. The van der Waals surface area contributed by atoms with E-state index in [2.05, 4.69) is 12.2 Å². The molecule has 1 aliphatic rings. The van der Waals surface area contributed by atoms with Gasteiger partial charge in [-0.15, -0.1) is 0 Å². The molecule has 0 radical (unpaired) electrons. The Morgan fingerprint density at radius 2 is 1.95 bits per heavy atom. The van der Waals surface area contributed by atoms with Crippen LogP contribution in [0.4, 0.5) is 4.79 Å². The van der Waals surface area contributed by atoms with Crippen molar-refractivity contribution in [2.45, 2.75) is 77.9 Å². The summed E-state index contributed by atoms with van der Waals surface area (Å²) in [5.41, 5.74) is -0.419. The zero-order valence-electron chi connectivity index (χ0n) is 13.5. The molecule has 1 fully saturated rings. The van der Waals surface area contributed by atoms with E-state index in [9.17, 15) is 4.79 Å². The molecule has 20 heavy (non-hydrogen) atoms. The fourth-order valence-corrected chi connectivity index (χ4v) is 3.47. The van der Waals surface area contributed by atoms with Crippen LogP contribution in [0.15, 0.2) is 0 Å². The van der Waals surface area contributed by atoms with Gasteiger partial charge in [-0.3, -0.25) is 0 Å². The number of alkyl carbamates (subject to hydrolysis) is 1. The number of nitrogens with one attached hydrogen (secondary N) is 1. The summed E-state index contributed by atoms with van der Waals surface area (Å²) in [5, 5.41) is 3.07. The van der Waals surface area contributed by atoms with E-state index in [1.807, 2.05) is 32.5 Å². The predicted octanol–water partition coefficient (Wildman–Crippen LogP) is 4.60. The van der Waals surface area contributed by atoms with Crippen LogP contribution >= 0.6 is 11.8 Å². The molecule has 1 amide bonds. The highest BCUT2D eigenvalue weighted by Crippen LogP contribution is 2.28. The summed E-state index contributed by atoms with van der Waals surface area (Å²) < 4.78 is 5.38. The van der Waals surface area contributed by atoms with Crippen molar-refractivity contribution < 1.29 is 9.53 Å². The van der Waals surface area contributed by atoms with Crippen LogP contribution in [0.2, 0.25) is 0 Å². The van der Waals surface area contributed by atoms with Gasteiger partial charge in [0, 0.05) is 11.8 Å². The molecule has 0 aromatic rings. The molecule has 1 rings (SSSR count). The van der Waals surface area contributed by atoms with Crippen LogP contribution in [0.1, 0.15) is 66.2 Å². The Kier molecular flexibility index (Phi) is 7.78. The number of amides is 1. The predicted molar refractivity (Wildman–Crippen MR) is 87.3 cm³/mol. The molecule has 0 aromatic heterocycles. The number of carbonyl (C=O) groups is 1. The lowest BCUT2D eigenvalue weighted by Crippen LogP contribution is -2.41. The molecule has 0 spiro atoms. The molecule has 1 N–H and O–H groups in total. The third-order valence-electron chi connectivity index (χ3n) is 3.59. The Morgan fingerprint density at radius 1 is 1.30 bits per heavy atom. The van der Waals surface area contributed by atoms with Crippen molar-refractivity contribution >= 4 is 17.9 Å². The third kappa shape index (κ3) is 8.03. The summed E-state index contributed by atoms with van der Waals surface area (Å²) in [4.78, 5) is 11.9. The van der Waals surface area contributed by atoms with Crippen LogP contribution in [-0.4, -0.2) is 29.2 Å². The molecule has 1 aliphatic carbocycles. The van der Waals surface area contributed by atoms with E-state index in [0.29, 0.717) is 0 Å². The van der Waals surface area contributed by atoms with Crippen molar-refractivity contribution in [1.29, 1.82) is 0 Å². The van der Waals surface area contributed by atoms with Crippen LogP contribution in [0.5, 0.6) is 0 Å². The minimum atomic E-state index is -0.419. The largest absolute Gasteiger partial charge is 0.444 e. The molecule has 4 heteroatoms. The van der Waals surface area contributed by atoms with E-state index in [4.69, 9.17) is 4.74 Å². The minimum Gasteiger partial charge on any atom is -0.444 e. The summed E-state index contributed by atoms with van der Waals surface area (Å²) in [6, 6.07) is 0.248. The Balaban J connectivity index is 2.43. The van der Waals surface area contributed by atoms with Gasteiger partial charge in [0.2, 0.25) is 0 Å². The SMILES string of the molecule is CCSC[C@H](CC1CCCCC1)NC(=O)OC(C)(C)C. The summed E-state index contributed by atoms with van der Waals surface area (Å²) in [6.45, 7) is 7.88. The van der Waals surface area contributed by atoms with E-state index in [0.717, 1.165) is 23.8 Å². The fraction of sp³-hybridized carbons (Fsp3) is 0.938. The first-order valence-corrected chi connectivity index (χ1v) is 9.13. The lowest BCUT2D eigenvalue weighted by atomic mass is 9.85. The standard InChI is InChI=1S/C16H31NO2S/c1-5-20-12-14(11-13-9-7-6-8-10-13)17-15(18)19-16(2,3)4/h13-14H,5-12H2,1-4H3,(H,17,18)/t14-/m0/s1. The Morgan fingerprint density at radius 3 is 2.50 bits per heavy atom. The van der Waals surface area contributed by atoms with Crippen LogP contribution in [-0.2, 0) is 4.74 Å². The van der Waals surface area contributed by atoms with Crippen LogP contribution in [0.25, 0.3) is 0 Å². The molecule has 0 saturated heterocycles. The number of hydrogen-bond donors (Lipinski definition) is 1. The number of hydrogen-bond acceptors (Lipinski definition) is 3. The summed E-state index contributed by atoms with van der Waals surface area (Å²) in [6.07, 6.45) is 7.56. The first-order valence-electron chi connectivity index (χ1n) is 7.98. The van der Waals surface area contributed by atoms with Crippen molar-refractivity contribution in [2.75, 3.05) is 11.5 Å². The number of carbonyl (C=O) groups excluding carboxylic acids is 1. The van der Waals surface area contributed by atoms with Gasteiger partial charge in [0.1, 0.15) is 5.60 Å². The lowest BCUT2D eigenvalue weighted by molar-refractivity contribution is 0.0501. The second-order valence-corrected chi connectivity index (χ2v) is 8.06. The van der Waals surface area contributed by atoms with E-state index in [-0.39, 0.29) is 12.1 Å². The number of ether oxygens (including phenoxy) is 1.